The van der Waals surface area contributed by atoms with Gasteiger partial charge >= 0.3 is 0 Å². The topological polar surface area (TPSA) is 51.2 Å². The highest BCUT2D eigenvalue weighted by Gasteiger charge is 2.20. The Morgan fingerprint density at radius 1 is 0.591 bits per heavy atom. The Bertz CT molecular complexity index is 473. The van der Waals surface area contributed by atoms with Crippen LogP contribution in [0.4, 0.5) is 0 Å². The highest BCUT2D eigenvalue weighted by molar-refractivity contribution is 6.07. The smallest absolute Gasteiger partial charge is 0.165 e. The number of carbonyl (C=O) groups excluding carboxylic acids is 3. The number of rotatable bonds is 6. The molecule has 0 saturated heterocycles. The maximum atomic E-state index is 12.2. The fourth-order valence-electron chi connectivity index (χ4n) is 2.05. The molecule has 0 saturated carbocycles. The van der Waals surface area contributed by atoms with E-state index in [2.05, 4.69) is 0 Å². The van der Waals surface area contributed by atoms with E-state index in [9.17, 15) is 14.4 Å². The molecule has 3 nitrogen and oxygen atoms in total. The molecule has 0 bridgehead atoms. The molecule has 1 aromatic carbocycles. The van der Waals surface area contributed by atoms with Crippen molar-refractivity contribution < 1.29 is 14.4 Å². The van der Waals surface area contributed by atoms with Crippen LogP contribution in [0.5, 0.6) is 0 Å². The van der Waals surface area contributed by atoms with Crippen molar-refractivity contribution in [3.8, 4) is 0 Å². The van der Waals surface area contributed by atoms with Gasteiger partial charge in [0.25, 0.3) is 0 Å². The first-order valence-corrected chi connectivity index (χ1v) is 7.42. The lowest BCUT2D eigenvalue weighted by Gasteiger charge is -2.12. The van der Waals surface area contributed by atoms with E-state index in [-0.39, 0.29) is 42.5 Å². The first kappa shape index (κ1) is 20.2. The Hall–Kier alpha value is -1.77. The van der Waals surface area contributed by atoms with Crippen molar-refractivity contribution in [3.63, 3.8) is 0 Å². The van der Waals surface area contributed by atoms with Crippen molar-refractivity contribution in [1.82, 2.24) is 0 Å². The summed E-state index contributed by atoms with van der Waals surface area (Å²) in [5, 5.41) is 0. The highest BCUT2D eigenvalue weighted by atomic mass is 16.1. The Balaban J connectivity index is 0.00000441. The van der Waals surface area contributed by atoms with Gasteiger partial charge in [-0.2, -0.15) is 0 Å². The molecule has 3 heteroatoms. The highest BCUT2D eigenvalue weighted by Crippen LogP contribution is 2.19. The van der Waals surface area contributed by atoms with Crippen molar-refractivity contribution >= 4 is 17.3 Å². The van der Waals surface area contributed by atoms with Crippen molar-refractivity contribution in [3.05, 3.63) is 34.9 Å². The molecule has 0 fully saturated rings. The van der Waals surface area contributed by atoms with Gasteiger partial charge in [-0.3, -0.25) is 14.4 Å². The SMILES string of the molecule is C.CC(C)C(=O)c1cc(C(=O)C(C)C)cc(C(=O)C(C)C)c1. The third kappa shape index (κ3) is 4.62. The number of ketones is 3. The number of carbonyl (C=O) groups is 3. The van der Waals surface area contributed by atoms with Crippen LogP contribution in [-0.4, -0.2) is 17.3 Å². The zero-order valence-corrected chi connectivity index (χ0v) is 13.7. The molecule has 0 unspecified atom stereocenters. The maximum Gasteiger partial charge on any atom is 0.165 e. The third-order valence-corrected chi connectivity index (χ3v) is 3.36. The van der Waals surface area contributed by atoms with E-state index in [1.807, 2.05) is 41.5 Å². The van der Waals surface area contributed by atoms with E-state index in [1.165, 1.54) is 0 Å². The average molecular weight is 304 g/mol. The Kier molecular flexibility index (Phi) is 7.37. The zero-order chi connectivity index (χ0) is 16.3. The quantitative estimate of drug-likeness (QED) is 0.707. The summed E-state index contributed by atoms with van der Waals surface area (Å²) in [6.45, 7) is 10.9. The maximum absolute atomic E-state index is 12.2. The summed E-state index contributed by atoms with van der Waals surface area (Å²) in [5.74, 6) is -0.659. The summed E-state index contributed by atoms with van der Waals surface area (Å²) in [7, 11) is 0. The van der Waals surface area contributed by atoms with E-state index in [1.54, 1.807) is 18.2 Å². The van der Waals surface area contributed by atoms with Crippen LogP contribution >= 0.6 is 0 Å². The monoisotopic (exact) mass is 304 g/mol. The summed E-state index contributed by atoms with van der Waals surface area (Å²) in [6, 6.07) is 4.84. The lowest BCUT2D eigenvalue weighted by atomic mass is 9.90. The number of Topliss-reactive ketones (excluding diaryl/α,β-unsaturated/α-hetero) is 3. The predicted octanol–water partition coefficient (Wildman–Crippen LogP) is 4.84. The van der Waals surface area contributed by atoms with Gasteiger partial charge in [-0.25, -0.2) is 0 Å². The van der Waals surface area contributed by atoms with Gasteiger partial charge in [0.15, 0.2) is 17.3 Å². The van der Waals surface area contributed by atoms with E-state index >= 15 is 0 Å². The van der Waals surface area contributed by atoms with Gasteiger partial charge in [0.1, 0.15) is 0 Å². The van der Waals surface area contributed by atoms with Gasteiger partial charge in [-0.15, -0.1) is 0 Å². The third-order valence-electron chi connectivity index (χ3n) is 3.36. The molecule has 0 aliphatic heterocycles. The minimum Gasteiger partial charge on any atom is -0.294 e. The molecule has 0 spiro atoms. The fourth-order valence-corrected chi connectivity index (χ4v) is 2.05. The Morgan fingerprint density at radius 3 is 0.909 bits per heavy atom. The van der Waals surface area contributed by atoms with Crippen LogP contribution in [0.1, 0.15) is 80.0 Å². The molecule has 0 N–H and O–H groups in total. The van der Waals surface area contributed by atoms with Gasteiger partial charge in [0.2, 0.25) is 0 Å². The van der Waals surface area contributed by atoms with E-state index < -0.39 is 0 Å². The molecule has 0 radical (unpaired) electrons. The van der Waals surface area contributed by atoms with Crippen molar-refractivity contribution in [2.45, 2.75) is 49.0 Å². The number of hydrogen-bond acceptors (Lipinski definition) is 3. The minimum atomic E-state index is -0.170. The lowest BCUT2D eigenvalue weighted by Crippen LogP contribution is -2.15. The molecule has 0 heterocycles. The van der Waals surface area contributed by atoms with Crippen LogP contribution in [0.3, 0.4) is 0 Å². The van der Waals surface area contributed by atoms with Crippen LogP contribution in [0.25, 0.3) is 0 Å². The fraction of sp³-hybridized carbons (Fsp3) is 0.526. The van der Waals surface area contributed by atoms with E-state index in [4.69, 9.17) is 0 Å². The van der Waals surface area contributed by atoms with Gasteiger partial charge < -0.3 is 0 Å². The second-order valence-corrected chi connectivity index (χ2v) is 6.36. The van der Waals surface area contributed by atoms with E-state index in [0.717, 1.165) is 0 Å². The first-order valence-electron chi connectivity index (χ1n) is 7.42. The second-order valence-electron chi connectivity index (χ2n) is 6.36. The largest absolute Gasteiger partial charge is 0.294 e. The average Bonchev–Trinajstić information content (AvgIpc) is 2.43. The molecule has 0 aliphatic carbocycles. The standard InChI is InChI=1S/C18H24O3.CH4/c1-10(2)16(19)13-7-14(17(20)11(3)4)9-15(8-13)18(21)12(5)6;/h7-12H,1-6H3;1H4. The molecule has 0 atom stereocenters. The van der Waals surface area contributed by atoms with Crippen molar-refractivity contribution in [1.29, 1.82) is 0 Å². The normalized spacial score (nSPS) is 10.8. The molecular formula is C19H28O3. The van der Waals surface area contributed by atoms with Gasteiger partial charge in [-0.1, -0.05) is 49.0 Å². The van der Waals surface area contributed by atoms with Crippen molar-refractivity contribution in [2.75, 3.05) is 0 Å². The van der Waals surface area contributed by atoms with Crippen LogP contribution in [0.2, 0.25) is 0 Å². The summed E-state index contributed by atoms with van der Waals surface area (Å²) in [5.41, 5.74) is 1.33. The van der Waals surface area contributed by atoms with Gasteiger partial charge in [0.05, 0.1) is 0 Å². The molecule has 122 valence electrons. The molecule has 1 aromatic rings. The molecule has 1 rings (SSSR count). The Labute approximate surface area is 134 Å². The number of hydrogen-bond donors (Lipinski definition) is 0. The van der Waals surface area contributed by atoms with Crippen LogP contribution < -0.4 is 0 Å². The first-order chi connectivity index (χ1) is 9.65. The van der Waals surface area contributed by atoms with Crippen LogP contribution in [0.15, 0.2) is 18.2 Å². The van der Waals surface area contributed by atoms with Crippen LogP contribution in [0, 0.1) is 17.8 Å². The molecule has 0 amide bonds. The molecule has 0 aliphatic rings. The summed E-state index contributed by atoms with van der Waals surface area (Å²) in [6.07, 6.45) is 0. The van der Waals surface area contributed by atoms with Crippen molar-refractivity contribution in [2.24, 2.45) is 17.8 Å². The molecule has 0 aromatic heterocycles. The summed E-state index contributed by atoms with van der Waals surface area (Å²) >= 11 is 0. The zero-order valence-electron chi connectivity index (χ0n) is 13.7. The predicted molar refractivity (Wildman–Crippen MR) is 90.7 cm³/mol. The summed E-state index contributed by atoms with van der Waals surface area (Å²) < 4.78 is 0. The lowest BCUT2D eigenvalue weighted by molar-refractivity contribution is 0.0938. The Morgan fingerprint density at radius 2 is 0.773 bits per heavy atom. The summed E-state index contributed by atoms with van der Waals surface area (Å²) in [4.78, 5) is 36.6. The second kappa shape index (κ2) is 8.02. The molecular weight excluding hydrogens is 276 g/mol. The number of benzene rings is 1. The molecule has 22 heavy (non-hydrogen) atoms. The van der Waals surface area contributed by atoms with Gasteiger partial charge in [-0.05, 0) is 18.2 Å². The van der Waals surface area contributed by atoms with E-state index in [0.29, 0.717) is 16.7 Å². The minimum absolute atomic E-state index is 0. The van der Waals surface area contributed by atoms with Gasteiger partial charge in [0, 0.05) is 34.4 Å². The van der Waals surface area contributed by atoms with Crippen LogP contribution in [-0.2, 0) is 0 Å².